The lowest BCUT2D eigenvalue weighted by atomic mass is 9.93. The van der Waals surface area contributed by atoms with Crippen molar-refractivity contribution in [2.75, 3.05) is 13.6 Å². The van der Waals surface area contributed by atoms with Crippen molar-refractivity contribution in [2.45, 2.75) is 59.4 Å². The predicted molar refractivity (Wildman–Crippen MR) is 73.8 cm³/mol. The number of nitrogens with two attached hydrogens (primary N) is 1. The molecule has 0 spiro atoms. The lowest BCUT2D eigenvalue weighted by Gasteiger charge is -2.28. The summed E-state index contributed by atoms with van der Waals surface area (Å²) in [6, 6.07) is 0.375. The lowest BCUT2D eigenvalue weighted by molar-refractivity contribution is -0.133. The van der Waals surface area contributed by atoms with Gasteiger partial charge in [-0.2, -0.15) is 0 Å². The molecule has 0 aliphatic rings. The van der Waals surface area contributed by atoms with Gasteiger partial charge in [0.2, 0.25) is 5.91 Å². The van der Waals surface area contributed by atoms with Crippen molar-refractivity contribution >= 4 is 5.91 Å². The van der Waals surface area contributed by atoms with Crippen LogP contribution in [0.2, 0.25) is 0 Å². The van der Waals surface area contributed by atoms with Gasteiger partial charge in [-0.3, -0.25) is 4.79 Å². The molecule has 17 heavy (non-hydrogen) atoms. The van der Waals surface area contributed by atoms with Gasteiger partial charge in [-0.25, -0.2) is 0 Å². The molecule has 2 N–H and O–H groups in total. The van der Waals surface area contributed by atoms with E-state index in [1.165, 1.54) is 0 Å². The molecule has 0 aromatic heterocycles. The molecule has 0 saturated heterocycles. The van der Waals surface area contributed by atoms with Gasteiger partial charge in [0, 0.05) is 19.5 Å². The molecule has 0 saturated carbocycles. The van der Waals surface area contributed by atoms with Crippen molar-refractivity contribution < 1.29 is 4.79 Å². The summed E-state index contributed by atoms with van der Waals surface area (Å²) in [5.41, 5.74) is 5.74. The summed E-state index contributed by atoms with van der Waals surface area (Å²) < 4.78 is 0. The normalized spacial score (nSPS) is 13.2. The summed E-state index contributed by atoms with van der Waals surface area (Å²) >= 11 is 0. The summed E-state index contributed by atoms with van der Waals surface area (Å²) in [6.45, 7) is 9.23. The van der Waals surface area contributed by atoms with Gasteiger partial charge in [-0.1, -0.05) is 27.7 Å². The van der Waals surface area contributed by atoms with Gasteiger partial charge in [0.1, 0.15) is 0 Å². The number of hydrogen-bond donors (Lipinski definition) is 1. The van der Waals surface area contributed by atoms with Crippen LogP contribution in [0.25, 0.3) is 0 Å². The molecule has 0 bridgehead atoms. The molecule has 3 nitrogen and oxygen atoms in total. The molecule has 0 rings (SSSR count). The Labute approximate surface area is 107 Å². The van der Waals surface area contributed by atoms with Gasteiger partial charge >= 0.3 is 0 Å². The van der Waals surface area contributed by atoms with E-state index >= 15 is 0 Å². The largest absolute Gasteiger partial charge is 0.343 e. The molecule has 102 valence electrons. The van der Waals surface area contributed by atoms with Crippen LogP contribution >= 0.6 is 0 Å². The van der Waals surface area contributed by atoms with Crippen LogP contribution in [0.3, 0.4) is 0 Å². The number of rotatable bonds is 8. The smallest absolute Gasteiger partial charge is 0.222 e. The Bertz CT molecular complexity index is 212. The first-order valence-corrected chi connectivity index (χ1v) is 6.91. The third-order valence-corrected chi connectivity index (χ3v) is 3.48. The van der Waals surface area contributed by atoms with Crippen molar-refractivity contribution in [1.29, 1.82) is 0 Å². The minimum absolute atomic E-state index is 0.245. The number of carbonyl (C=O) groups excluding carboxylic acids is 1. The van der Waals surface area contributed by atoms with Crippen LogP contribution in [-0.4, -0.2) is 30.4 Å². The summed E-state index contributed by atoms with van der Waals surface area (Å²) in [7, 11) is 1.92. The molecule has 0 aliphatic carbocycles. The van der Waals surface area contributed by atoms with E-state index in [4.69, 9.17) is 5.73 Å². The molecule has 0 aliphatic heterocycles. The quantitative estimate of drug-likeness (QED) is 0.711. The Kier molecular flexibility index (Phi) is 8.23. The molecular formula is C14H30N2O. The molecule has 0 unspecified atom stereocenters. The Morgan fingerprint density at radius 3 is 2.12 bits per heavy atom. The van der Waals surface area contributed by atoms with Crippen molar-refractivity contribution in [3.05, 3.63) is 0 Å². The van der Waals surface area contributed by atoms with Gasteiger partial charge in [0.05, 0.1) is 0 Å². The molecule has 0 fully saturated rings. The van der Waals surface area contributed by atoms with E-state index in [1.54, 1.807) is 0 Å². The average Bonchev–Trinajstić information content (AvgIpc) is 2.28. The Hall–Kier alpha value is -0.570. The predicted octanol–water partition coefficient (Wildman–Crippen LogP) is 2.64. The Morgan fingerprint density at radius 1 is 1.24 bits per heavy atom. The van der Waals surface area contributed by atoms with Crippen LogP contribution < -0.4 is 5.73 Å². The molecule has 3 heteroatoms. The third kappa shape index (κ3) is 6.06. The summed E-state index contributed by atoms with van der Waals surface area (Å²) in [5, 5.41) is 0. The van der Waals surface area contributed by atoms with Crippen molar-refractivity contribution in [3.63, 3.8) is 0 Å². The van der Waals surface area contributed by atoms with Crippen LogP contribution in [0.5, 0.6) is 0 Å². The minimum Gasteiger partial charge on any atom is -0.343 e. The van der Waals surface area contributed by atoms with Gasteiger partial charge in [0.25, 0.3) is 0 Å². The highest BCUT2D eigenvalue weighted by molar-refractivity contribution is 5.76. The monoisotopic (exact) mass is 242 g/mol. The van der Waals surface area contributed by atoms with Gasteiger partial charge in [0.15, 0.2) is 0 Å². The third-order valence-electron chi connectivity index (χ3n) is 3.48. The summed E-state index contributed by atoms with van der Waals surface area (Å²) in [5.74, 6) is 1.18. The van der Waals surface area contributed by atoms with Crippen molar-refractivity contribution in [1.82, 2.24) is 4.90 Å². The first-order chi connectivity index (χ1) is 7.96. The fourth-order valence-corrected chi connectivity index (χ4v) is 2.36. The SMILES string of the molecule is CCC(CC)N(C)C(=O)C[C@@H](CN)CC(C)C. The molecule has 0 aromatic carbocycles. The second-order valence-electron chi connectivity index (χ2n) is 5.41. The van der Waals surface area contributed by atoms with Crippen LogP contribution in [0.4, 0.5) is 0 Å². The minimum atomic E-state index is 0.245. The maximum atomic E-state index is 12.1. The highest BCUT2D eigenvalue weighted by atomic mass is 16.2. The molecule has 0 aromatic rings. The maximum Gasteiger partial charge on any atom is 0.222 e. The fourth-order valence-electron chi connectivity index (χ4n) is 2.36. The summed E-state index contributed by atoms with van der Waals surface area (Å²) in [4.78, 5) is 14.0. The first kappa shape index (κ1) is 16.4. The van der Waals surface area contributed by atoms with Crippen LogP contribution in [0.1, 0.15) is 53.4 Å². The van der Waals surface area contributed by atoms with Crippen LogP contribution in [0.15, 0.2) is 0 Å². The van der Waals surface area contributed by atoms with E-state index in [0.29, 0.717) is 30.8 Å². The van der Waals surface area contributed by atoms with E-state index < -0.39 is 0 Å². The Morgan fingerprint density at radius 2 is 1.76 bits per heavy atom. The topological polar surface area (TPSA) is 46.3 Å². The zero-order valence-electron chi connectivity index (χ0n) is 12.2. The molecule has 1 amide bonds. The van der Waals surface area contributed by atoms with Gasteiger partial charge in [-0.05, 0) is 37.6 Å². The van der Waals surface area contributed by atoms with Crippen LogP contribution in [-0.2, 0) is 4.79 Å². The number of carbonyl (C=O) groups is 1. The van der Waals surface area contributed by atoms with Gasteiger partial charge < -0.3 is 10.6 Å². The van der Waals surface area contributed by atoms with Crippen LogP contribution in [0, 0.1) is 11.8 Å². The average molecular weight is 242 g/mol. The second kappa shape index (κ2) is 8.51. The van der Waals surface area contributed by atoms with Crippen molar-refractivity contribution in [2.24, 2.45) is 17.6 Å². The van der Waals surface area contributed by atoms with E-state index in [-0.39, 0.29) is 5.91 Å². The Balaban J connectivity index is 4.29. The standard InChI is InChI=1S/C14H30N2O/c1-6-13(7-2)16(5)14(17)9-12(10-15)8-11(3)4/h11-13H,6-10,15H2,1-5H3/t12-/m0/s1. The molecule has 0 radical (unpaired) electrons. The maximum absolute atomic E-state index is 12.1. The molecule has 0 heterocycles. The summed E-state index contributed by atoms with van der Waals surface area (Å²) in [6.07, 6.45) is 3.69. The van der Waals surface area contributed by atoms with E-state index in [1.807, 2.05) is 11.9 Å². The zero-order valence-corrected chi connectivity index (χ0v) is 12.2. The highest BCUT2D eigenvalue weighted by Gasteiger charge is 2.20. The van der Waals surface area contributed by atoms with Crippen molar-refractivity contribution in [3.8, 4) is 0 Å². The van der Waals surface area contributed by atoms with E-state index in [0.717, 1.165) is 19.3 Å². The number of nitrogens with zero attached hydrogens (tertiary/aromatic N) is 1. The number of hydrogen-bond acceptors (Lipinski definition) is 2. The fraction of sp³-hybridized carbons (Fsp3) is 0.929. The number of amides is 1. The second-order valence-corrected chi connectivity index (χ2v) is 5.41. The zero-order chi connectivity index (χ0) is 13.4. The van der Waals surface area contributed by atoms with Gasteiger partial charge in [-0.15, -0.1) is 0 Å². The van der Waals surface area contributed by atoms with E-state index in [9.17, 15) is 4.79 Å². The highest BCUT2D eigenvalue weighted by Crippen LogP contribution is 2.17. The lowest BCUT2D eigenvalue weighted by Crippen LogP contribution is -2.38. The first-order valence-electron chi connectivity index (χ1n) is 6.91. The molecule has 1 atom stereocenters. The van der Waals surface area contributed by atoms with E-state index in [2.05, 4.69) is 27.7 Å². The molecular weight excluding hydrogens is 212 g/mol.